The van der Waals surface area contributed by atoms with Gasteiger partial charge in [-0.3, -0.25) is 4.98 Å². The van der Waals surface area contributed by atoms with Gasteiger partial charge in [0.15, 0.2) is 0 Å². The molecule has 2 aromatic rings. The second-order valence-corrected chi connectivity index (χ2v) is 5.05. The van der Waals surface area contributed by atoms with Gasteiger partial charge < -0.3 is 4.74 Å². The maximum absolute atomic E-state index is 5.86. The summed E-state index contributed by atoms with van der Waals surface area (Å²) in [6.45, 7) is 4.31. The summed E-state index contributed by atoms with van der Waals surface area (Å²) in [6.07, 6.45) is 3.45. The molecule has 0 amide bonds. The summed E-state index contributed by atoms with van der Waals surface area (Å²) in [5.74, 6) is 2.07. The van der Waals surface area contributed by atoms with Crippen molar-refractivity contribution in [1.29, 1.82) is 0 Å². The highest BCUT2D eigenvalue weighted by Gasteiger charge is 2.07. The van der Waals surface area contributed by atoms with Crippen LogP contribution < -0.4 is 4.74 Å². The van der Waals surface area contributed by atoms with Crippen LogP contribution in [0.3, 0.4) is 0 Å². The number of benzene rings is 1. The third-order valence-corrected chi connectivity index (χ3v) is 2.88. The predicted molar refractivity (Wildman–Crippen MR) is 72.5 cm³/mol. The zero-order valence-electron chi connectivity index (χ0n) is 9.85. The van der Waals surface area contributed by atoms with E-state index in [-0.39, 0.29) is 0 Å². The topological polar surface area (TPSA) is 22.1 Å². The Hall–Kier alpha value is -1.35. The molecule has 0 aliphatic heterocycles. The van der Waals surface area contributed by atoms with E-state index in [0.717, 1.165) is 16.0 Å². The first-order chi connectivity index (χ1) is 8.16. The molecule has 88 valence electrons. The molecular formula is C14H14BrNO. The zero-order chi connectivity index (χ0) is 12.3. The third-order valence-electron chi connectivity index (χ3n) is 2.45. The minimum absolute atomic E-state index is 0.436. The number of pyridine rings is 1. The minimum atomic E-state index is 0.436. The lowest BCUT2D eigenvalue weighted by Crippen LogP contribution is -1.93. The van der Waals surface area contributed by atoms with Gasteiger partial charge in [0.05, 0.1) is 6.20 Å². The molecule has 0 radical (unpaired) electrons. The molecule has 17 heavy (non-hydrogen) atoms. The normalized spacial score (nSPS) is 10.6. The van der Waals surface area contributed by atoms with Gasteiger partial charge in [0.2, 0.25) is 0 Å². The lowest BCUT2D eigenvalue weighted by Gasteiger charge is -2.13. The number of para-hydroxylation sites is 1. The molecule has 0 atom stereocenters. The highest BCUT2D eigenvalue weighted by molar-refractivity contribution is 9.10. The van der Waals surface area contributed by atoms with Crippen LogP contribution in [0.2, 0.25) is 0 Å². The quantitative estimate of drug-likeness (QED) is 0.813. The Balaban J connectivity index is 2.30. The van der Waals surface area contributed by atoms with Gasteiger partial charge in [0, 0.05) is 10.7 Å². The smallest absolute Gasteiger partial charge is 0.146 e. The highest BCUT2D eigenvalue weighted by atomic mass is 79.9. The number of nitrogens with zero attached hydrogens (tertiary/aromatic N) is 1. The fourth-order valence-electron chi connectivity index (χ4n) is 1.63. The van der Waals surface area contributed by atoms with E-state index >= 15 is 0 Å². The van der Waals surface area contributed by atoms with Gasteiger partial charge in [-0.05, 0) is 39.5 Å². The van der Waals surface area contributed by atoms with E-state index < -0.39 is 0 Å². The Bertz CT molecular complexity index is 511. The molecule has 0 aliphatic rings. The maximum atomic E-state index is 5.86. The van der Waals surface area contributed by atoms with Gasteiger partial charge in [0.1, 0.15) is 11.5 Å². The van der Waals surface area contributed by atoms with Crippen molar-refractivity contribution in [3.05, 3.63) is 52.8 Å². The molecule has 2 nitrogen and oxygen atoms in total. The minimum Gasteiger partial charge on any atom is -0.455 e. The van der Waals surface area contributed by atoms with Crippen molar-refractivity contribution in [1.82, 2.24) is 4.98 Å². The van der Waals surface area contributed by atoms with Gasteiger partial charge in [-0.15, -0.1) is 0 Å². The van der Waals surface area contributed by atoms with Crippen molar-refractivity contribution < 1.29 is 4.74 Å². The summed E-state index contributed by atoms with van der Waals surface area (Å²) < 4.78 is 6.77. The fraction of sp³-hybridized carbons (Fsp3) is 0.214. The molecule has 0 unspecified atom stereocenters. The third kappa shape index (κ3) is 3.07. The van der Waals surface area contributed by atoms with Gasteiger partial charge in [-0.25, -0.2) is 0 Å². The number of ether oxygens (including phenoxy) is 1. The van der Waals surface area contributed by atoms with E-state index in [2.05, 4.69) is 40.8 Å². The van der Waals surface area contributed by atoms with Crippen LogP contribution in [0, 0.1) is 0 Å². The first kappa shape index (κ1) is 12.1. The molecule has 0 aliphatic carbocycles. The summed E-state index contributed by atoms with van der Waals surface area (Å²) in [6, 6.07) is 9.99. The van der Waals surface area contributed by atoms with Crippen LogP contribution in [-0.4, -0.2) is 4.98 Å². The molecule has 0 N–H and O–H groups in total. The van der Waals surface area contributed by atoms with Gasteiger partial charge in [-0.1, -0.05) is 32.0 Å². The second kappa shape index (κ2) is 5.32. The molecule has 1 aromatic heterocycles. The van der Waals surface area contributed by atoms with E-state index in [1.165, 1.54) is 5.56 Å². The first-order valence-electron chi connectivity index (χ1n) is 5.54. The lowest BCUT2D eigenvalue weighted by molar-refractivity contribution is 0.470. The zero-order valence-corrected chi connectivity index (χ0v) is 11.4. The van der Waals surface area contributed by atoms with E-state index in [1.807, 2.05) is 24.3 Å². The van der Waals surface area contributed by atoms with Crippen molar-refractivity contribution in [3.8, 4) is 11.5 Å². The summed E-state index contributed by atoms with van der Waals surface area (Å²) in [5, 5.41) is 0. The van der Waals surface area contributed by atoms with Gasteiger partial charge in [0.25, 0.3) is 0 Å². The summed E-state index contributed by atoms with van der Waals surface area (Å²) >= 11 is 3.38. The molecule has 1 aromatic carbocycles. The Morgan fingerprint density at radius 3 is 2.65 bits per heavy atom. The second-order valence-electron chi connectivity index (χ2n) is 4.13. The number of hydrogen-bond acceptors (Lipinski definition) is 2. The fourth-order valence-corrected chi connectivity index (χ4v) is 1.97. The first-order valence-corrected chi connectivity index (χ1v) is 6.33. The van der Waals surface area contributed by atoms with Gasteiger partial charge >= 0.3 is 0 Å². The van der Waals surface area contributed by atoms with Crippen LogP contribution in [0.25, 0.3) is 0 Å². The highest BCUT2D eigenvalue weighted by Crippen LogP contribution is 2.30. The summed E-state index contributed by atoms with van der Waals surface area (Å²) in [4.78, 5) is 4.08. The molecule has 3 heteroatoms. The van der Waals surface area contributed by atoms with Crippen molar-refractivity contribution >= 4 is 15.9 Å². The number of aromatic nitrogens is 1. The van der Waals surface area contributed by atoms with Crippen LogP contribution in [0.15, 0.2) is 47.2 Å². The van der Waals surface area contributed by atoms with Crippen molar-refractivity contribution in [3.63, 3.8) is 0 Å². The van der Waals surface area contributed by atoms with Crippen molar-refractivity contribution in [2.75, 3.05) is 0 Å². The SMILES string of the molecule is CC(C)c1ccccc1Oc1cncc(Br)c1. The van der Waals surface area contributed by atoms with E-state index in [9.17, 15) is 0 Å². The molecule has 0 spiro atoms. The molecular weight excluding hydrogens is 278 g/mol. The Kier molecular flexibility index (Phi) is 3.79. The van der Waals surface area contributed by atoms with Crippen LogP contribution in [-0.2, 0) is 0 Å². The Morgan fingerprint density at radius 2 is 1.94 bits per heavy atom. The summed E-state index contributed by atoms with van der Waals surface area (Å²) in [7, 11) is 0. The molecule has 0 saturated carbocycles. The number of halogens is 1. The number of rotatable bonds is 3. The average Bonchev–Trinajstić information content (AvgIpc) is 2.29. The van der Waals surface area contributed by atoms with Crippen LogP contribution in [0.5, 0.6) is 11.5 Å². The van der Waals surface area contributed by atoms with Crippen molar-refractivity contribution in [2.45, 2.75) is 19.8 Å². The molecule has 1 heterocycles. The molecule has 0 fully saturated rings. The Morgan fingerprint density at radius 1 is 1.18 bits per heavy atom. The standard InChI is InChI=1S/C14H14BrNO/c1-10(2)13-5-3-4-6-14(13)17-12-7-11(15)8-16-9-12/h3-10H,1-2H3. The Labute approximate surface area is 110 Å². The largest absolute Gasteiger partial charge is 0.455 e. The van der Waals surface area contributed by atoms with E-state index in [4.69, 9.17) is 4.74 Å². The van der Waals surface area contributed by atoms with Crippen LogP contribution in [0.4, 0.5) is 0 Å². The summed E-state index contributed by atoms with van der Waals surface area (Å²) in [5.41, 5.74) is 1.20. The average molecular weight is 292 g/mol. The molecule has 0 bridgehead atoms. The van der Waals surface area contributed by atoms with E-state index in [0.29, 0.717) is 5.92 Å². The maximum Gasteiger partial charge on any atom is 0.146 e. The number of hydrogen-bond donors (Lipinski definition) is 0. The monoisotopic (exact) mass is 291 g/mol. The lowest BCUT2D eigenvalue weighted by atomic mass is 10.0. The van der Waals surface area contributed by atoms with Crippen molar-refractivity contribution in [2.24, 2.45) is 0 Å². The van der Waals surface area contributed by atoms with Crippen LogP contribution >= 0.6 is 15.9 Å². The van der Waals surface area contributed by atoms with Gasteiger partial charge in [-0.2, -0.15) is 0 Å². The predicted octanol–water partition coefficient (Wildman–Crippen LogP) is 4.76. The molecule has 2 rings (SSSR count). The van der Waals surface area contributed by atoms with Crippen LogP contribution in [0.1, 0.15) is 25.3 Å². The molecule has 0 saturated heterocycles. The van der Waals surface area contributed by atoms with E-state index in [1.54, 1.807) is 12.4 Å².